The van der Waals surface area contributed by atoms with Crippen LogP contribution in [-0.4, -0.2) is 10.5 Å². The zero-order valence-corrected chi connectivity index (χ0v) is 13.2. The number of amides is 1. The van der Waals surface area contributed by atoms with Gasteiger partial charge in [-0.2, -0.15) is 0 Å². The van der Waals surface area contributed by atoms with E-state index in [4.69, 9.17) is 4.42 Å². The van der Waals surface area contributed by atoms with E-state index in [0.29, 0.717) is 11.6 Å². The van der Waals surface area contributed by atoms with Crippen LogP contribution in [0.15, 0.2) is 47.1 Å². The molecule has 0 saturated heterocycles. The highest BCUT2D eigenvalue weighted by Gasteiger charge is 2.23. The molecule has 0 spiro atoms. The second kappa shape index (κ2) is 5.61. The number of aryl methyl sites for hydroxylation is 1. The smallest absolute Gasteiger partial charge is 0.272 e. The van der Waals surface area contributed by atoms with Crippen LogP contribution in [0.2, 0.25) is 0 Å². The molecule has 23 heavy (non-hydrogen) atoms. The molecular formula is C19H20N2O2. The summed E-state index contributed by atoms with van der Waals surface area (Å²) in [6.45, 7) is 2.92. The summed E-state index contributed by atoms with van der Waals surface area (Å²) in [5.74, 6) is 0.589. The molecule has 118 valence electrons. The third kappa shape index (κ3) is 2.65. The maximum atomic E-state index is 12.7. The largest absolute Gasteiger partial charge is 0.463 e. The molecule has 2 heterocycles. The van der Waals surface area contributed by atoms with E-state index in [1.165, 1.54) is 24.8 Å². The topological polar surface area (TPSA) is 47.2 Å². The quantitative estimate of drug-likeness (QED) is 0.766. The number of benzene rings is 1. The summed E-state index contributed by atoms with van der Waals surface area (Å²) >= 11 is 0. The summed E-state index contributed by atoms with van der Waals surface area (Å²) in [6, 6.07) is 11.6. The normalized spacial score (nSPS) is 14.8. The summed E-state index contributed by atoms with van der Waals surface area (Å²) in [5.41, 5.74) is 4.44. The highest BCUT2D eigenvalue weighted by Crippen LogP contribution is 2.31. The van der Waals surface area contributed by atoms with Gasteiger partial charge in [0.25, 0.3) is 5.91 Å². The fourth-order valence-electron chi connectivity index (χ4n) is 3.13. The molecule has 3 aromatic rings. The lowest BCUT2D eigenvalue weighted by Gasteiger charge is -2.26. The Balaban J connectivity index is 1.63. The fraction of sp³-hybridized carbons (Fsp3) is 0.316. The zero-order chi connectivity index (χ0) is 15.8. The van der Waals surface area contributed by atoms with Gasteiger partial charge < -0.3 is 14.3 Å². The fourth-order valence-corrected chi connectivity index (χ4v) is 3.13. The summed E-state index contributed by atoms with van der Waals surface area (Å²) in [5, 5.41) is 2.98. The van der Waals surface area contributed by atoms with E-state index in [1.807, 2.05) is 43.3 Å². The second-order valence-electron chi connectivity index (χ2n) is 6.43. The molecule has 1 aliphatic rings. The highest BCUT2D eigenvalue weighted by molar-refractivity contribution is 6.05. The lowest BCUT2D eigenvalue weighted by molar-refractivity contribution is 0.101. The Morgan fingerprint density at radius 3 is 2.74 bits per heavy atom. The van der Waals surface area contributed by atoms with Gasteiger partial charge in [0.05, 0.1) is 11.8 Å². The van der Waals surface area contributed by atoms with Crippen LogP contribution < -0.4 is 5.32 Å². The van der Waals surface area contributed by atoms with Gasteiger partial charge in [-0.05, 0) is 37.8 Å². The van der Waals surface area contributed by atoms with E-state index in [1.54, 1.807) is 6.26 Å². The van der Waals surface area contributed by atoms with Crippen LogP contribution in [-0.2, 0) is 6.54 Å². The van der Waals surface area contributed by atoms with Gasteiger partial charge in [0, 0.05) is 24.4 Å². The van der Waals surface area contributed by atoms with E-state index in [9.17, 15) is 4.79 Å². The average Bonchev–Trinajstić information content (AvgIpc) is 3.06. The molecule has 0 radical (unpaired) electrons. The molecule has 0 atom stereocenters. The number of anilines is 1. The molecule has 1 aromatic carbocycles. The average molecular weight is 308 g/mol. The second-order valence-corrected chi connectivity index (χ2v) is 6.43. The van der Waals surface area contributed by atoms with Gasteiger partial charge in [-0.3, -0.25) is 4.79 Å². The van der Waals surface area contributed by atoms with Crippen molar-refractivity contribution in [3.05, 3.63) is 53.9 Å². The van der Waals surface area contributed by atoms with Crippen molar-refractivity contribution in [2.45, 2.75) is 32.7 Å². The Bertz CT molecular complexity index is 838. The molecule has 1 amide bonds. The number of fused-ring (bicyclic) bond motifs is 1. The number of carbonyl (C=O) groups is 1. The first-order chi connectivity index (χ1) is 11.2. The van der Waals surface area contributed by atoms with Crippen molar-refractivity contribution in [1.82, 2.24) is 4.57 Å². The number of aromatic nitrogens is 1. The standard InChI is InChI=1S/C19H20N2O2/c1-13-5-7-15(8-6-13)20-19(22)17-11-18-16(9-10-23-18)21(17)12-14-3-2-4-14/h5-11,14H,2-4,12H2,1H3,(H,20,22). The minimum atomic E-state index is -0.0837. The number of rotatable bonds is 4. The van der Waals surface area contributed by atoms with Gasteiger partial charge in [0.1, 0.15) is 5.69 Å². The number of nitrogens with zero attached hydrogens (tertiary/aromatic N) is 1. The van der Waals surface area contributed by atoms with E-state index in [0.717, 1.165) is 23.3 Å². The molecule has 4 heteroatoms. The highest BCUT2D eigenvalue weighted by atomic mass is 16.3. The van der Waals surface area contributed by atoms with Crippen molar-refractivity contribution >= 4 is 22.7 Å². The van der Waals surface area contributed by atoms with Gasteiger partial charge in [0.15, 0.2) is 5.58 Å². The number of hydrogen-bond acceptors (Lipinski definition) is 2. The summed E-state index contributed by atoms with van der Waals surface area (Å²) in [6.07, 6.45) is 5.47. The Labute approximate surface area is 135 Å². The molecule has 4 rings (SSSR count). The van der Waals surface area contributed by atoms with E-state index < -0.39 is 0 Å². The van der Waals surface area contributed by atoms with Crippen LogP contribution in [0.1, 0.15) is 35.3 Å². The molecule has 2 aromatic heterocycles. The lowest BCUT2D eigenvalue weighted by Crippen LogP contribution is -2.23. The van der Waals surface area contributed by atoms with E-state index in [-0.39, 0.29) is 5.91 Å². The Hall–Kier alpha value is -2.49. The SMILES string of the molecule is Cc1ccc(NC(=O)c2cc3occc3n2CC2CCC2)cc1. The first-order valence-corrected chi connectivity index (χ1v) is 8.15. The molecule has 1 saturated carbocycles. The molecule has 0 unspecified atom stereocenters. The van der Waals surface area contributed by atoms with Crippen molar-refractivity contribution in [3.63, 3.8) is 0 Å². The number of hydrogen-bond donors (Lipinski definition) is 1. The van der Waals surface area contributed by atoms with Crippen molar-refractivity contribution in [2.75, 3.05) is 5.32 Å². The van der Waals surface area contributed by atoms with Crippen LogP contribution >= 0.6 is 0 Å². The molecule has 0 bridgehead atoms. The van der Waals surface area contributed by atoms with E-state index in [2.05, 4.69) is 9.88 Å². The number of carbonyl (C=O) groups excluding carboxylic acids is 1. The Kier molecular flexibility index (Phi) is 3.45. The van der Waals surface area contributed by atoms with Gasteiger partial charge >= 0.3 is 0 Å². The Morgan fingerprint density at radius 2 is 2.04 bits per heavy atom. The summed E-state index contributed by atoms with van der Waals surface area (Å²) in [4.78, 5) is 12.7. The van der Waals surface area contributed by atoms with E-state index >= 15 is 0 Å². The minimum Gasteiger partial charge on any atom is -0.463 e. The molecule has 4 nitrogen and oxygen atoms in total. The first-order valence-electron chi connectivity index (χ1n) is 8.15. The van der Waals surface area contributed by atoms with Crippen LogP contribution in [0.3, 0.4) is 0 Å². The molecule has 1 N–H and O–H groups in total. The predicted molar refractivity (Wildman–Crippen MR) is 90.7 cm³/mol. The van der Waals surface area contributed by atoms with Crippen LogP contribution in [0.4, 0.5) is 5.69 Å². The lowest BCUT2D eigenvalue weighted by atomic mass is 9.85. The Morgan fingerprint density at radius 1 is 1.26 bits per heavy atom. The minimum absolute atomic E-state index is 0.0837. The predicted octanol–water partition coefficient (Wildman–Crippen LogP) is 4.60. The first kappa shape index (κ1) is 14.1. The van der Waals surface area contributed by atoms with Crippen molar-refractivity contribution in [2.24, 2.45) is 5.92 Å². The van der Waals surface area contributed by atoms with Crippen molar-refractivity contribution < 1.29 is 9.21 Å². The van der Waals surface area contributed by atoms with Crippen LogP contribution in [0.25, 0.3) is 11.1 Å². The van der Waals surface area contributed by atoms with Gasteiger partial charge in [-0.15, -0.1) is 0 Å². The van der Waals surface area contributed by atoms with Gasteiger partial charge in [-0.1, -0.05) is 24.1 Å². The number of furan rings is 1. The molecule has 1 aliphatic carbocycles. The van der Waals surface area contributed by atoms with Gasteiger partial charge in [-0.25, -0.2) is 0 Å². The monoisotopic (exact) mass is 308 g/mol. The van der Waals surface area contributed by atoms with Crippen molar-refractivity contribution in [1.29, 1.82) is 0 Å². The maximum absolute atomic E-state index is 12.7. The van der Waals surface area contributed by atoms with Gasteiger partial charge in [0.2, 0.25) is 0 Å². The van der Waals surface area contributed by atoms with Crippen LogP contribution in [0.5, 0.6) is 0 Å². The number of nitrogens with one attached hydrogen (secondary N) is 1. The van der Waals surface area contributed by atoms with Crippen molar-refractivity contribution in [3.8, 4) is 0 Å². The maximum Gasteiger partial charge on any atom is 0.272 e. The third-order valence-corrected chi connectivity index (χ3v) is 4.73. The van der Waals surface area contributed by atoms with Crippen LogP contribution in [0, 0.1) is 12.8 Å². The summed E-state index contributed by atoms with van der Waals surface area (Å²) < 4.78 is 7.59. The zero-order valence-electron chi connectivity index (χ0n) is 13.2. The molecule has 1 fully saturated rings. The molecular weight excluding hydrogens is 288 g/mol. The molecule has 0 aliphatic heterocycles. The third-order valence-electron chi connectivity index (χ3n) is 4.73. The summed E-state index contributed by atoms with van der Waals surface area (Å²) in [7, 11) is 0.